The molecular weight excluding hydrogens is 441 g/mol. The summed E-state index contributed by atoms with van der Waals surface area (Å²) < 4.78 is 45.6. The van der Waals surface area contributed by atoms with Crippen molar-refractivity contribution in [3.8, 4) is 0 Å². The SMILES string of the molecule is Cc1ccc(SCCC(=O)Nc2ccc(NC(=O)c3ccco3)cc2C(F)(F)F)cc1C. The number of anilines is 2. The normalized spacial score (nSPS) is 11.3. The quantitative estimate of drug-likeness (QED) is 0.405. The minimum absolute atomic E-state index is 0.0304. The molecule has 1 aromatic heterocycles. The minimum Gasteiger partial charge on any atom is -0.459 e. The van der Waals surface area contributed by atoms with Gasteiger partial charge in [0.25, 0.3) is 5.91 Å². The zero-order valence-corrected chi connectivity index (χ0v) is 18.2. The van der Waals surface area contributed by atoms with Crippen LogP contribution in [0.4, 0.5) is 24.5 Å². The third kappa shape index (κ3) is 6.16. The molecule has 0 bridgehead atoms. The van der Waals surface area contributed by atoms with E-state index in [0.29, 0.717) is 5.75 Å². The number of halogens is 3. The van der Waals surface area contributed by atoms with Crippen LogP contribution in [0.5, 0.6) is 0 Å². The first-order valence-electron chi connectivity index (χ1n) is 9.69. The Morgan fingerprint density at radius 3 is 2.44 bits per heavy atom. The second-order valence-electron chi connectivity index (χ2n) is 7.08. The number of rotatable bonds is 7. The fourth-order valence-electron chi connectivity index (χ4n) is 2.84. The molecule has 1 heterocycles. The van der Waals surface area contributed by atoms with E-state index in [9.17, 15) is 22.8 Å². The van der Waals surface area contributed by atoms with Crippen molar-refractivity contribution in [1.82, 2.24) is 0 Å². The number of nitrogens with one attached hydrogen (secondary N) is 2. The van der Waals surface area contributed by atoms with Crippen LogP contribution in [-0.2, 0) is 11.0 Å². The lowest BCUT2D eigenvalue weighted by molar-refractivity contribution is -0.136. The van der Waals surface area contributed by atoms with Crippen LogP contribution >= 0.6 is 11.8 Å². The summed E-state index contributed by atoms with van der Waals surface area (Å²) in [4.78, 5) is 25.3. The average molecular weight is 462 g/mol. The van der Waals surface area contributed by atoms with E-state index in [-0.39, 0.29) is 23.6 Å². The van der Waals surface area contributed by atoms with E-state index in [1.54, 1.807) is 0 Å². The predicted octanol–water partition coefficient (Wildman–Crippen LogP) is 6.29. The first-order valence-corrected chi connectivity index (χ1v) is 10.7. The first-order chi connectivity index (χ1) is 15.1. The summed E-state index contributed by atoms with van der Waals surface area (Å²) in [5.74, 6) is -0.813. The number of furan rings is 1. The van der Waals surface area contributed by atoms with E-state index in [1.807, 2.05) is 32.0 Å². The highest BCUT2D eigenvalue weighted by Crippen LogP contribution is 2.37. The molecule has 2 aromatic carbocycles. The number of benzene rings is 2. The average Bonchev–Trinajstić information content (AvgIpc) is 3.26. The highest BCUT2D eigenvalue weighted by atomic mass is 32.2. The molecule has 2 amide bonds. The molecule has 0 saturated heterocycles. The van der Waals surface area contributed by atoms with E-state index in [4.69, 9.17) is 4.42 Å². The second-order valence-corrected chi connectivity index (χ2v) is 8.25. The lowest BCUT2D eigenvalue weighted by Crippen LogP contribution is -2.18. The Morgan fingerprint density at radius 2 is 1.78 bits per heavy atom. The molecule has 0 radical (unpaired) electrons. The molecule has 0 atom stereocenters. The molecule has 3 rings (SSSR count). The van der Waals surface area contributed by atoms with Gasteiger partial charge >= 0.3 is 6.18 Å². The molecule has 0 unspecified atom stereocenters. The van der Waals surface area contributed by atoms with Gasteiger partial charge in [0.1, 0.15) is 0 Å². The summed E-state index contributed by atoms with van der Waals surface area (Å²) >= 11 is 1.46. The van der Waals surface area contributed by atoms with Gasteiger partial charge in [-0.2, -0.15) is 13.2 Å². The van der Waals surface area contributed by atoms with Crippen molar-refractivity contribution in [3.63, 3.8) is 0 Å². The van der Waals surface area contributed by atoms with Crippen molar-refractivity contribution < 1.29 is 27.2 Å². The van der Waals surface area contributed by atoms with Gasteiger partial charge in [-0.25, -0.2) is 0 Å². The van der Waals surface area contributed by atoms with E-state index in [1.165, 1.54) is 36.2 Å². The Labute approximate surface area is 187 Å². The third-order valence-corrected chi connectivity index (χ3v) is 5.67. The Morgan fingerprint density at radius 1 is 1.00 bits per heavy atom. The molecule has 0 aliphatic carbocycles. The minimum atomic E-state index is -4.72. The summed E-state index contributed by atoms with van der Waals surface area (Å²) in [5.41, 5.74) is 0.811. The number of aryl methyl sites for hydroxylation is 2. The maximum absolute atomic E-state index is 13.5. The molecule has 32 heavy (non-hydrogen) atoms. The maximum Gasteiger partial charge on any atom is 0.418 e. The van der Waals surface area contributed by atoms with Crippen LogP contribution in [0.3, 0.4) is 0 Å². The molecule has 0 fully saturated rings. The molecule has 0 aliphatic rings. The molecule has 9 heteroatoms. The van der Waals surface area contributed by atoms with Crippen molar-refractivity contribution in [2.45, 2.75) is 31.3 Å². The highest BCUT2D eigenvalue weighted by molar-refractivity contribution is 7.99. The summed E-state index contributed by atoms with van der Waals surface area (Å²) in [6, 6.07) is 12.0. The molecule has 0 saturated carbocycles. The summed E-state index contributed by atoms with van der Waals surface area (Å²) in [6.45, 7) is 3.99. The number of hydrogen-bond acceptors (Lipinski definition) is 4. The van der Waals surface area contributed by atoms with Crippen molar-refractivity contribution in [3.05, 3.63) is 77.2 Å². The van der Waals surface area contributed by atoms with Gasteiger partial charge in [0.05, 0.1) is 17.5 Å². The Hall–Kier alpha value is -3.20. The number of hydrogen-bond donors (Lipinski definition) is 2. The predicted molar refractivity (Wildman–Crippen MR) is 118 cm³/mol. The van der Waals surface area contributed by atoms with Gasteiger partial charge < -0.3 is 15.1 Å². The monoisotopic (exact) mass is 462 g/mol. The van der Waals surface area contributed by atoms with E-state index >= 15 is 0 Å². The number of carbonyl (C=O) groups is 2. The second kappa shape index (κ2) is 9.95. The lowest BCUT2D eigenvalue weighted by atomic mass is 10.1. The number of amides is 2. The largest absolute Gasteiger partial charge is 0.459 e. The van der Waals surface area contributed by atoms with Crippen molar-refractivity contribution in [2.75, 3.05) is 16.4 Å². The zero-order valence-electron chi connectivity index (χ0n) is 17.4. The smallest absolute Gasteiger partial charge is 0.418 e. The Bertz CT molecular complexity index is 1110. The lowest BCUT2D eigenvalue weighted by Gasteiger charge is -2.15. The number of carbonyl (C=O) groups excluding carboxylic acids is 2. The first kappa shape index (κ1) is 23.5. The van der Waals surface area contributed by atoms with Gasteiger partial charge in [0.2, 0.25) is 5.91 Å². The number of thioether (sulfide) groups is 1. The molecule has 5 nitrogen and oxygen atoms in total. The van der Waals surface area contributed by atoms with Crippen LogP contribution in [0.25, 0.3) is 0 Å². The summed E-state index contributed by atoms with van der Waals surface area (Å²) in [5, 5.41) is 4.68. The van der Waals surface area contributed by atoms with Crippen molar-refractivity contribution in [1.29, 1.82) is 0 Å². The van der Waals surface area contributed by atoms with E-state index in [2.05, 4.69) is 10.6 Å². The van der Waals surface area contributed by atoms with Gasteiger partial charge in [-0.05, 0) is 67.4 Å². The van der Waals surface area contributed by atoms with Crippen molar-refractivity contribution >= 4 is 35.0 Å². The van der Waals surface area contributed by atoms with Crippen LogP contribution in [-0.4, -0.2) is 17.6 Å². The standard InChI is InChI=1S/C23H21F3N2O3S/c1-14-5-7-17(12-15(14)2)32-11-9-21(29)28-19-8-6-16(13-18(19)23(24,25)26)27-22(30)20-4-3-10-31-20/h3-8,10,12-13H,9,11H2,1-2H3,(H,27,30)(H,28,29). The Kier molecular flexibility index (Phi) is 7.29. The maximum atomic E-state index is 13.5. The molecule has 0 aliphatic heterocycles. The molecule has 168 valence electrons. The molecular formula is C23H21F3N2O3S. The van der Waals surface area contributed by atoms with Gasteiger partial charge in [0, 0.05) is 22.8 Å². The van der Waals surface area contributed by atoms with Crippen molar-refractivity contribution in [2.24, 2.45) is 0 Å². The molecule has 2 N–H and O–H groups in total. The number of alkyl halides is 3. The third-order valence-electron chi connectivity index (χ3n) is 4.68. The van der Waals surface area contributed by atoms with Crippen LogP contribution < -0.4 is 10.6 Å². The van der Waals surface area contributed by atoms with Crippen LogP contribution in [0.15, 0.2) is 64.1 Å². The van der Waals surface area contributed by atoms with Crippen LogP contribution in [0.1, 0.15) is 33.7 Å². The fraction of sp³-hybridized carbons (Fsp3) is 0.217. The molecule has 3 aromatic rings. The van der Waals surface area contributed by atoms with Gasteiger partial charge in [-0.3, -0.25) is 9.59 Å². The molecule has 0 spiro atoms. The Balaban J connectivity index is 1.64. The topological polar surface area (TPSA) is 71.3 Å². The summed E-state index contributed by atoms with van der Waals surface area (Å²) in [6.07, 6.45) is -3.39. The zero-order chi connectivity index (χ0) is 23.3. The van der Waals surface area contributed by atoms with E-state index in [0.717, 1.165) is 28.2 Å². The van der Waals surface area contributed by atoms with Crippen LogP contribution in [0, 0.1) is 13.8 Å². The fourth-order valence-corrected chi connectivity index (χ4v) is 3.79. The highest BCUT2D eigenvalue weighted by Gasteiger charge is 2.34. The van der Waals surface area contributed by atoms with Gasteiger partial charge in [-0.15, -0.1) is 11.8 Å². The van der Waals surface area contributed by atoms with E-state index < -0.39 is 23.6 Å². The van der Waals surface area contributed by atoms with Gasteiger partial charge in [0.15, 0.2) is 5.76 Å². The van der Waals surface area contributed by atoms with Gasteiger partial charge in [-0.1, -0.05) is 6.07 Å². The van der Waals surface area contributed by atoms with Crippen LogP contribution in [0.2, 0.25) is 0 Å². The summed E-state index contributed by atoms with van der Waals surface area (Å²) in [7, 11) is 0.